The van der Waals surface area contributed by atoms with Crippen LogP contribution in [0.1, 0.15) is 41.8 Å². The zero-order chi connectivity index (χ0) is 12.8. The molecular weight excluding hydrogens is 232 g/mol. The van der Waals surface area contributed by atoms with E-state index in [1.165, 1.54) is 11.2 Å². The molecule has 2 heterocycles. The van der Waals surface area contributed by atoms with Crippen molar-refractivity contribution in [3.63, 3.8) is 0 Å². The number of nitrogens with two attached hydrogens (primary N) is 1. The molecule has 0 spiro atoms. The summed E-state index contributed by atoms with van der Waals surface area (Å²) in [6, 6.07) is 1.64. The summed E-state index contributed by atoms with van der Waals surface area (Å²) in [5, 5.41) is 0. The fourth-order valence-electron chi connectivity index (χ4n) is 3.15. The fourth-order valence-corrected chi connectivity index (χ4v) is 3.15. The highest BCUT2D eigenvalue weighted by Crippen LogP contribution is 2.38. The first-order valence-corrected chi connectivity index (χ1v) is 6.32. The number of rotatable bonds is 2. The van der Waals surface area contributed by atoms with Crippen LogP contribution in [-0.2, 0) is 11.2 Å². The molecule has 0 bridgehead atoms. The smallest absolute Gasteiger partial charge is 0.264 e. The van der Waals surface area contributed by atoms with Crippen LogP contribution in [0.2, 0.25) is 0 Å². The molecule has 5 heteroatoms. The van der Waals surface area contributed by atoms with Crippen molar-refractivity contribution in [1.82, 2.24) is 4.90 Å². The monoisotopic (exact) mass is 248 g/mol. The third kappa shape index (κ3) is 1.43. The fraction of sp³-hybridized carbons (Fsp3) is 0.538. The van der Waals surface area contributed by atoms with E-state index in [0.717, 1.165) is 25.7 Å². The first-order chi connectivity index (χ1) is 8.68. The van der Waals surface area contributed by atoms with Gasteiger partial charge in [-0.25, -0.2) is 0 Å². The Bertz CT molecular complexity index is 500. The molecule has 2 aliphatic rings. The van der Waals surface area contributed by atoms with E-state index in [0.29, 0.717) is 17.9 Å². The lowest BCUT2D eigenvalue weighted by Gasteiger charge is -2.40. The van der Waals surface area contributed by atoms with Gasteiger partial charge in [0, 0.05) is 6.54 Å². The summed E-state index contributed by atoms with van der Waals surface area (Å²) in [4.78, 5) is 26.0. The lowest BCUT2D eigenvalue weighted by Crippen LogP contribution is -2.59. The van der Waals surface area contributed by atoms with Gasteiger partial charge in [0.2, 0.25) is 5.91 Å². The number of hydrogen-bond acceptors (Lipinski definition) is 4. The van der Waals surface area contributed by atoms with Crippen molar-refractivity contribution in [3.8, 4) is 0 Å². The minimum Gasteiger partial charge on any atom is -0.468 e. The van der Waals surface area contributed by atoms with E-state index in [4.69, 9.17) is 10.2 Å². The maximum atomic E-state index is 12.4. The minimum atomic E-state index is -0.469. The minimum absolute atomic E-state index is 0.163. The van der Waals surface area contributed by atoms with Gasteiger partial charge >= 0.3 is 0 Å². The second-order valence-electron chi connectivity index (χ2n) is 5.10. The van der Waals surface area contributed by atoms with Crippen molar-refractivity contribution >= 4 is 11.8 Å². The molecule has 96 valence electrons. The van der Waals surface area contributed by atoms with Crippen molar-refractivity contribution in [2.75, 3.05) is 6.54 Å². The zero-order valence-electron chi connectivity index (χ0n) is 10.1. The highest BCUT2D eigenvalue weighted by atomic mass is 16.3. The van der Waals surface area contributed by atoms with Crippen molar-refractivity contribution in [2.24, 2.45) is 5.73 Å². The van der Waals surface area contributed by atoms with Crippen molar-refractivity contribution in [3.05, 3.63) is 23.7 Å². The number of furan rings is 1. The van der Waals surface area contributed by atoms with Gasteiger partial charge < -0.3 is 10.2 Å². The van der Waals surface area contributed by atoms with Gasteiger partial charge in [-0.2, -0.15) is 0 Å². The van der Waals surface area contributed by atoms with E-state index in [-0.39, 0.29) is 18.2 Å². The third-order valence-corrected chi connectivity index (χ3v) is 4.13. The predicted octanol–water partition coefficient (Wildman–Crippen LogP) is 1.08. The van der Waals surface area contributed by atoms with Crippen LogP contribution < -0.4 is 5.73 Å². The maximum Gasteiger partial charge on any atom is 0.264 e. The Morgan fingerprint density at radius 1 is 1.33 bits per heavy atom. The van der Waals surface area contributed by atoms with Crippen molar-refractivity contribution < 1.29 is 14.0 Å². The molecule has 0 unspecified atom stereocenters. The second-order valence-corrected chi connectivity index (χ2v) is 5.10. The molecule has 3 rings (SSSR count). The van der Waals surface area contributed by atoms with Crippen LogP contribution in [0.25, 0.3) is 0 Å². The van der Waals surface area contributed by atoms with Crippen LogP contribution >= 0.6 is 0 Å². The number of fused-ring (bicyclic) bond motifs is 1. The standard InChI is InChI=1S/C13H16N2O3/c14-8-13(4-1-2-5-13)15-11(16)7-10-9(12(15)17)3-6-18-10/h3,6H,1-2,4-5,7-8,14H2. The molecule has 1 fully saturated rings. The Balaban J connectivity index is 2.02. The average molecular weight is 248 g/mol. The summed E-state index contributed by atoms with van der Waals surface area (Å²) in [6.07, 6.45) is 5.29. The molecule has 1 aliphatic carbocycles. The lowest BCUT2D eigenvalue weighted by atomic mass is 9.91. The van der Waals surface area contributed by atoms with Gasteiger partial charge in [-0.05, 0) is 18.9 Å². The maximum absolute atomic E-state index is 12.4. The molecule has 0 radical (unpaired) electrons. The number of amides is 2. The molecule has 0 saturated heterocycles. The quantitative estimate of drug-likeness (QED) is 0.794. The molecule has 1 aromatic heterocycles. The molecule has 2 N–H and O–H groups in total. The normalized spacial score (nSPS) is 22.4. The summed E-state index contributed by atoms with van der Waals surface area (Å²) in [5.41, 5.74) is 5.89. The van der Waals surface area contributed by atoms with Crippen LogP contribution in [0.5, 0.6) is 0 Å². The average Bonchev–Trinajstić information content (AvgIpc) is 2.98. The van der Waals surface area contributed by atoms with E-state index < -0.39 is 5.54 Å². The Hall–Kier alpha value is -1.62. The number of nitrogens with zero attached hydrogens (tertiary/aromatic N) is 1. The van der Waals surface area contributed by atoms with Gasteiger partial charge in [-0.15, -0.1) is 0 Å². The zero-order valence-corrected chi connectivity index (χ0v) is 10.1. The second kappa shape index (κ2) is 3.95. The number of carbonyl (C=O) groups excluding carboxylic acids is 2. The van der Waals surface area contributed by atoms with Gasteiger partial charge in [0.1, 0.15) is 5.76 Å². The Labute approximate surface area is 105 Å². The first-order valence-electron chi connectivity index (χ1n) is 6.32. The van der Waals surface area contributed by atoms with Crippen LogP contribution in [-0.4, -0.2) is 28.8 Å². The number of imide groups is 1. The van der Waals surface area contributed by atoms with Gasteiger partial charge in [-0.3, -0.25) is 14.5 Å². The van der Waals surface area contributed by atoms with E-state index in [9.17, 15) is 9.59 Å². The molecule has 1 saturated carbocycles. The van der Waals surface area contributed by atoms with Crippen LogP contribution in [0, 0.1) is 0 Å². The molecule has 0 aromatic carbocycles. The van der Waals surface area contributed by atoms with Crippen molar-refractivity contribution in [1.29, 1.82) is 0 Å². The van der Waals surface area contributed by atoms with Crippen LogP contribution in [0.15, 0.2) is 16.7 Å². The summed E-state index contributed by atoms with van der Waals surface area (Å²) >= 11 is 0. The summed E-state index contributed by atoms with van der Waals surface area (Å²) in [6.45, 7) is 0.345. The molecule has 1 aromatic rings. The topological polar surface area (TPSA) is 76.5 Å². The number of carbonyl (C=O) groups is 2. The molecule has 18 heavy (non-hydrogen) atoms. The van der Waals surface area contributed by atoms with E-state index in [1.54, 1.807) is 6.07 Å². The highest BCUT2D eigenvalue weighted by Gasteiger charge is 2.47. The van der Waals surface area contributed by atoms with E-state index in [2.05, 4.69) is 0 Å². The Morgan fingerprint density at radius 2 is 2.06 bits per heavy atom. The van der Waals surface area contributed by atoms with Crippen LogP contribution in [0.3, 0.4) is 0 Å². The van der Waals surface area contributed by atoms with Crippen molar-refractivity contribution in [2.45, 2.75) is 37.6 Å². The molecule has 5 nitrogen and oxygen atoms in total. The Kier molecular flexibility index (Phi) is 2.52. The van der Waals surface area contributed by atoms with Gasteiger partial charge in [0.05, 0.1) is 23.8 Å². The van der Waals surface area contributed by atoms with E-state index >= 15 is 0 Å². The SMILES string of the molecule is NCC1(N2C(=O)Cc3occc3C2=O)CCCC1. The summed E-state index contributed by atoms with van der Waals surface area (Å²) < 4.78 is 5.17. The lowest BCUT2D eigenvalue weighted by molar-refractivity contribution is -0.133. The first kappa shape index (κ1) is 11.5. The van der Waals surface area contributed by atoms with Gasteiger partial charge in [0.25, 0.3) is 5.91 Å². The molecule has 1 aliphatic heterocycles. The van der Waals surface area contributed by atoms with Gasteiger partial charge in [0.15, 0.2) is 0 Å². The van der Waals surface area contributed by atoms with Crippen LogP contribution in [0.4, 0.5) is 0 Å². The largest absolute Gasteiger partial charge is 0.468 e. The molecule has 0 atom stereocenters. The van der Waals surface area contributed by atoms with E-state index in [1.807, 2.05) is 0 Å². The highest BCUT2D eigenvalue weighted by molar-refractivity contribution is 6.09. The molecular formula is C13H16N2O3. The summed E-state index contributed by atoms with van der Waals surface area (Å²) in [5.74, 6) is 0.0450. The molecule has 2 amide bonds. The summed E-state index contributed by atoms with van der Waals surface area (Å²) in [7, 11) is 0. The Morgan fingerprint density at radius 3 is 2.72 bits per heavy atom. The predicted molar refractivity (Wildman–Crippen MR) is 63.8 cm³/mol. The third-order valence-electron chi connectivity index (χ3n) is 4.13. The number of hydrogen-bond donors (Lipinski definition) is 1. The van der Waals surface area contributed by atoms with Gasteiger partial charge in [-0.1, -0.05) is 12.8 Å².